The van der Waals surface area contributed by atoms with Crippen molar-refractivity contribution < 1.29 is 66.3 Å². The maximum atomic E-state index is 7.41. The number of methoxy groups -OCH3 is 1. The Morgan fingerprint density at radius 3 is 0.913 bits per heavy atom. The molecule has 92 heavy (non-hydrogen) atoms. The number of hydrogen-bond donors (Lipinski definition) is 0. The molecule has 0 aliphatic carbocycles. The first-order valence-corrected chi connectivity index (χ1v) is 31.6. The average Bonchev–Trinajstić information content (AvgIpc) is 0.934. The van der Waals surface area contributed by atoms with Gasteiger partial charge in [-0.25, -0.2) is 0 Å². The van der Waals surface area contributed by atoms with Crippen LogP contribution in [0.25, 0.3) is 0 Å². The Morgan fingerprint density at radius 2 is 0.565 bits per heavy atom. The van der Waals surface area contributed by atoms with Crippen molar-refractivity contribution in [1.29, 1.82) is 0 Å². The molecule has 0 bridgehead atoms. The maximum absolute atomic E-state index is 7.41. The smallest absolute Gasteiger partial charge is 0.187 e. The van der Waals surface area contributed by atoms with Crippen LogP contribution in [-0.2, 0) is 110 Å². The Balaban J connectivity index is 0.960. The fourth-order valence-corrected chi connectivity index (χ4v) is 11.2. The minimum atomic E-state index is -1.13. The molecule has 2 fully saturated rings. The topological polar surface area (TPSA) is 129 Å². The molecule has 0 spiro atoms. The van der Waals surface area contributed by atoms with Crippen LogP contribution in [0.3, 0.4) is 0 Å². The fourth-order valence-electron chi connectivity index (χ4n) is 11.2. The summed E-state index contributed by atoms with van der Waals surface area (Å²) in [6, 6.07) is 87.8. The molecule has 14 heteroatoms. The van der Waals surface area contributed by atoms with Gasteiger partial charge in [0.25, 0.3) is 0 Å². The molecule has 0 N–H and O–H groups in total. The van der Waals surface area contributed by atoms with Gasteiger partial charge in [-0.05, 0) is 56.6 Å². The zero-order valence-electron chi connectivity index (χ0n) is 52.0. The van der Waals surface area contributed by atoms with Gasteiger partial charge in [0.05, 0.1) is 79.8 Å². The lowest BCUT2D eigenvalue weighted by molar-refractivity contribution is -0.351. The molecule has 478 valence electrons. The van der Waals surface area contributed by atoms with Crippen LogP contribution >= 0.6 is 0 Å². The highest BCUT2D eigenvalue weighted by atomic mass is 16.8. The molecule has 0 unspecified atom stereocenters. The lowest BCUT2D eigenvalue weighted by Crippen LogP contribution is -2.63. The van der Waals surface area contributed by atoms with E-state index in [4.69, 9.17) is 66.3 Å². The van der Waals surface area contributed by atoms with Crippen LogP contribution in [0.2, 0.25) is 0 Å². The van der Waals surface area contributed by atoms with Crippen LogP contribution in [0.4, 0.5) is 0 Å². The number of benzene rings is 9. The van der Waals surface area contributed by atoms with Crippen LogP contribution in [0, 0.1) is 0 Å². The minimum Gasteiger partial charge on any atom is -0.493 e. The van der Waals surface area contributed by atoms with Crippen molar-refractivity contribution in [3.63, 3.8) is 0 Å². The monoisotopic (exact) mass is 1240 g/mol. The molecule has 11 rings (SSSR count). The first-order chi connectivity index (χ1) is 45.6. The normalized spacial score (nSPS) is 21.7. The number of rotatable bonds is 35. The van der Waals surface area contributed by atoms with E-state index in [0.717, 1.165) is 44.5 Å². The van der Waals surface area contributed by atoms with Crippen molar-refractivity contribution >= 4 is 0 Å². The largest absolute Gasteiger partial charge is 0.493 e. The van der Waals surface area contributed by atoms with Crippen molar-refractivity contribution in [1.82, 2.24) is 0 Å². The minimum absolute atomic E-state index is 0.0487. The fraction of sp³-hybridized carbons (Fsp3) is 0.308. The third kappa shape index (κ3) is 19.8. The summed E-state index contributed by atoms with van der Waals surface area (Å²) in [6.45, 7) is 2.15. The zero-order chi connectivity index (χ0) is 62.6. The van der Waals surface area contributed by atoms with Gasteiger partial charge in [0, 0.05) is 0 Å². The average molecular weight is 1240 g/mol. The van der Waals surface area contributed by atoms with Crippen LogP contribution in [0.15, 0.2) is 267 Å². The first kappa shape index (κ1) is 65.6. The number of ether oxygens (including phenoxy) is 14. The van der Waals surface area contributed by atoms with Gasteiger partial charge in [-0.15, -0.1) is 0 Å². The molecule has 2 aliphatic heterocycles. The van der Waals surface area contributed by atoms with Crippen molar-refractivity contribution in [2.75, 3.05) is 33.5 Å². The molecule has 9 aromatic rings. The quantitative estimate of drug-likeness (QED) is 0.0374. The molecular weight excluding hydrogens is 1160 g/mol. The third-order valence-corrected chi connectivity index (χ3v) is 15.9. The summed E-state index contributed by atoms with van der Waals surface area (Å²) < 4.78 is 97.3. The Bertz CT molecular complexity index is 3430. The highest BCUT2D eigenvalue weighted by Crippen LogP contribution is 2.36. The van der Waals surface area contributed by atoms with E-state index in [1.807, 2.05) is 267 Å². The molecule has 0 radical (unpaired) electrons. The zero-order valence-corrected chi connectivity index (χ0v) is 52.0. The standard InChI is InChI=1S/C78H82O14/c1-79-67-44-26-27-45-68(67)82-54-66(90-78-76(88-53-65-42-24-9-25-43-65)74(86-51-63-38-20-7-21-39-63)72(84-49-61-34-16-5-17-35-61)70(92-78)57-81-47-59-30-12-3-13-31-59)55-89-77-75(87-52-64-40-22-8-23-41-64)73(85-50-62-36-18-6-19-37-62)71(83-48-60-32-14-4-15-33-60)69(91-77)56-80-46-58-28-10-2-11-29-58/h2-45,66,69-78H,46-57H2,1H3/t66-,69+,70+,71-,72-,73-,74-,75+,76+,77-,78-/m0/s1. The summed E-state index contributed by atoms with van der Waals surface area (Å²) in [4.78, 5) is 0. The van der Waals surface area contributed by atoms with Crippen LogP contribution in [0.5, 0.6) is 11.5 Å². The summed E-state index contributed by atoms with van der Waals surface area (Å²) in [6.07, 6.45) is -9.36. The molecule has 9 aromatic carbocycles. The first-order valence-electron chi connectivity index (χ1n) is 31.6. The predicted octanol–water partition coefficient (Wildman–Crippen LogP) is 13.9. The molecule has 0 aromatic heterocycles. The van der Waals surface area contributed by atoms with E-state index in [-0.39, 0.29) is 66.1 Å². The Kier molecular flexibility index (Phi) is 25.5. The van der Waals surface area contributed by atoms with E-state index in [1.54, 1.807) is 7.11 Å². The second-order valence-corrected chi connectivity index (χ2v) is 22.7. The van der Waals surface area contributed by atoms with Crippen molar-refractivity contribution in [2.24, 2.45) is 0 Å². The lowest BCUT2D eigenvalue weighted by atomic mass is 9.97. The molecule has 2 heterocycles. The Morgan fingerprint density at radius 1 is 0.283 bits per heavy atom. The van der Waals surface area contributed by atoms with Crippen molar-refractivity contribution in [3.8, 4) is 11.5 Å². The third-order valence-electron chi connectivity index (χ3n) is 15.9. The van der Waals surface area contributed by atoms with Crippen molar-refractivity contribution in [3.05, 3.63) is 311 Å². The molecule has 0 amide bonds. The van der Waals surface area contributed by atoms with Crippen molar-refractivity contribution in [2.45, 2.75) is 120 Å². The summed E-state index contributed by atoms with van der Waals surface area (Å²) in [5.41, 5.74) is 7.80. The Hall–Kier alpha value is -7.90. The second kappa shape index (κ2) is 35.8. The second-order valence-electron chi connectivity index (χ2n) is 22.7. The molecular formula is C78H82O14. The van der Waals surface area contributed by atoms with E-state index in [9.17, 15) is 0 Å². The highest BCUT2D eigenvalue weighted by Gasteiger charge is 2.52. The van der Waals surface area contributed by atoms with Gasteiger partial charge in [-0.1, -0.05) is 255 Å². The van der Waals surface area contributed by atoms with Gasteiger partial charge in [-0.3, -0.25) is 0 Å². The van der Waals surface area contributed by atoms with E-state index in [2.05, 4.69) is 0 Å². The summed E-state index contributed by atoms with van der Waals surface area (Å²) in [5.74, 6) is 1.04. The van der Waals surface area contributed by atoms with Gasteiger partial charge in [0.2, 0.25) is 0 Å². The predicted molar refractivity (Wildman–Crippen MR) is 349 cm³/mol. The van der Waals surface area contributed by atoms with Crippen LogP contribution < -0.4 is 9.47 Å². The molecule has 11 atom stereocenters. The van der Waals surface area contributed by atoms with Gasteiger partial charge in [-0.2, -0.15) is 0 Å². The molecule has 2 aliphatic rings. The van der Waals surface area contributed by atoms with E-state index >= 15 is 0 Å². The summed E-state index contributed by atoms with van der Waals surface area (Å²) in [7, 11) is 1.61. The maximum Gasteiger partial charge on any atom is 0.187 e. The SMILES string of the molecule is COc1ccccc1OC[C@@H](CO[C@H]1O[C@H](COCc2ccccc2)[C@H](OCc2ccccc2)[C@H](OCc2ccccc2)[C@H]1OCc1ccccc1)O[C@H]1O[C@H](COCc2ccccc2)[C@H](OCc2ccccc2)[C@H](OCc2ccccc2)[C@H]1OCc1ccccc1. The van der Waals surface area contributed by atoms with E-state index in [0.29, 0.717) is 24.7 Å². The highest BCUT2D eigenvalue weighted by molar-refractivity contribution is 5.39. The summed E-state index contributed by atoms with van der Waals surface area (Å²) in [5, 5.41) is 0. The van der Waals surface area contributed by atoms with Crippen LogP contribution in [0.1, 0.15) is 44.5 Å². The van der Waals surface area contributed by atoms with E-state index < -0.39 is 67.5 Å². The summed E-state index contributed by atoms with van der Waals surface area (Å²) >= 11 is 0. The Labute approximate surface area is 540 Å². The molecule has 0 saturated carbocycles. The number of hydrogen-bond acceptors (Lipinski definition) is 14. The van der Waals surface area contributed by atoms with Gasteiger partial charge >= 0.3 is 0 Å². The molecule has 14 nitrogen and oxygen atoms in total. The molecule has 2 saturated heterocycles. The lowest BCUT2D eigenvalue weighted by Gasteiger charge is -2.47. The van der Waals surface area contributed by atoms with E-state index in [1.165, 1.54) is 0 Å². The van der Waals surface area contributed by atoms with Gasteiger partial charge < -0.3 is 66.3 Å². The number of para-hydroxylation sites is 2. The van der Waals surface area contributed by atoms with Gasteiger partial charge in [0.1, 0.15) is 61.5 Å². The van der Waals surface area contributed by atoms with Crippen LogP contribution in [-0.4, -0.2) is 101 Å². The van der Waals surface area contributed by atoms with Gasteiger partial charge in [0.15, 0.2) is 24.1 Å².